The van der Waals surface area contributed by atoms with Gasteiger partial charge in [0.25, 0.3) is 5.91 Å². The summed E-state index contributed by atoms with van der Waals surface area (Å²) in [6.45, 7) is 8.18. The molecule has 0 saturated carbocycles. The molecule has 7 heteroatoms. The molecule has 1 amide bonds. The number of nitrogens with zero attached hydrogens (tertiary/aromatic N) is 4. The van der Waals surface area contributed by atoms with Gasteiger partial charge in [-0.3, -0.25) is 4.79 Å². The molecular weight excluding hydrogens is 363 g/mol. The highest BCUT2D eigenvalue weighted by molar-refractivity contribution is 7.20. The van der Waals surface area contributed by atoms with Gasteiger partial charge in [-0.05, 0) is 38.5 Å². The Morgan fingerprint density at radius 1 is 1.07 bits per heavy atom. The van der Waals surface area contributed by atoms with Gasteiger partial charge in [0.2, 0.25) is 0 Å². The van der Waals surface area contributed by atoms with E-state index >= 15 is 0 Å². The Balaban J connectivity index is 1.55. The predicted molar refractivity (Wildman–Crippen MR) is 106 cm³/mol. The fraction of sp³-hybridized carbons (Fsp3) is 0.350. The first-order valence-corrected chi connectivity index (χ1v) is 9.80. The lowest BCUT2D eigenvalue weighted by Crippen LogP contribution is -2.49. The van der Waals surface area contributed by atoms with Crippen molar-refractivity contribution in [3.05, 3.63) is 52.0 Å². The molecule has 0 bridgehead atoms. The number of carbonyl (C=O) groups excluding carboxylic acids is 1. The standard InChI is InChI=1S/C20H21FN4OS/c1-12-17-13(2)22-14(3)23-19(17)27-18(12)20(26)25-10-8-24(9-11-25)16-7-5-4-6-15(16)21/h4-7H,8-11H2,1-3H3. The molecule has 0 aliphatic carbocycles. The van der Waals surface area contributed by atoms with Crippen LogP contribution in [-0.2, 0) is 0 Å². The molecule has 3 aromatic rings. The number of anilines is 1. The van der Waals surface area contributed by atoms with Gasteiger partial charge in [-0.2, -0.15) is 0 Å². The summed E-state index contributed by atoms with van der Waals surface area (Å²) >= 11 is 1.44. The van der Waals surface area contributed by atoms with E-state index < -0.39 is 0 Å². The molecule has 0 radical (unpaired) electrons. The Morgan fingerprint density at radius 3 is 2.48 bits per heavy atom. The van der Waals surface area contributed by atoms with Gasteiger partial charge in [0, 0.05) is 37.3 Å². The van der Waals surface area contributed by atoms with Crippen LogP contribution in [0.25, 0.3) is 10.2 Å². The monoisotopic (exact) mass is 384 g/mol. The number of carbonyl (C=O) groups is 1. The summed E-state index contributed by atoms with van der Waals surface area (Å²) in [4.78, 5) is 27.5. The third-order valence-corrected chi connectivity index (χ3v) is 6.21. The molecule has 2 aromatic heterocycles. The number of amides is 1. The van der Waals surface area contributed by atoms with Gasteiger partial charge in [0.15, 0.2) is 0 Å². The van der Waals surface area contributed by atoms with Crippen LogP contribution in [0.3, 0.4) is 0 Å². The molecule has 0 N–H and O–H groups in total. The van der Waals surface area contributed by atoms with Crippen molar-refractivity contribution in [2.75, 3.05) is 31.1 Å². The zero-order valence-corrected chi connectivity index (χ0v) is 16.4. The second-order valence-corrected chi connectivity index (χ2v) is 7.82. The number of rotatable bonds is 2. The summed E-state index contributed by atoms with van der Waals surface area (Å²) < 4.78 is 14.0. The highest BCUT2D eigenvalue weighted by atomic mass is 32.1. The second kappa shape index (κ2) is 6.88. The van der Waals surface area contributed by atoms with E-state index in [0.717, 1.165) is 32.2 Å². The molecule has 0 unspecified atom stereocenters. The topological polar surface area (TPSA) is 49.3 Å². The predicted octanol–water partition coefficient (Wildman–Crippen LogP) is 3.72. The van der Waals surface area contributed by atoms with Gasteiger partial charge in [-0.25, -0.2) is 14.4 Å². The first-order chi connectivity index (χ1) is 13.0. The second-order valence-electron chi connectivity index (χ2n) is 6.82. The summed E-state index contributed by atoms with van der Waals surface area (Å²) in [6.07, 6.45) is 0. The zero-order valence-electron chi connectivity index (χ0n) is 15.6. The summed E-state index contributed by atoms with van der Waals surface area (Å²) in [6, 6.07) is 6.78. The molecule has 0 spiro atoms. The van der Waals surface area contributed by atoms with Crippen LogP contribution in [-0.4, -0.2) is 47.0 Å². The quantitative estimate of drug-likeness (QED) is 0.676. The molecule has 27 heavy (non-hydrogen) atoms. The zero-order chi connectivity index (χ0) is 19.1. The van der Waals surface area contributed by atoms with E-state index in [9.17, 15) is 9.18 Å². The maximum atomic E-state index is 14.0. The first kappa shape index (κ1) is 17.9. The Morgan fingerprint density at radius 2 is 1.78 bits per heavy atom. The van der Waals surface area contributed by atoms with Gasteiger partial charge >= 0.3 is 0 Å². The van der Waals surface area contributed by atoms with Crippen LogP contribution in [0, 0.1) is 26.6 Å². The number of para-hydroxylation sites is 1. The number of benzene rings is 1. The normalized spacial score (nSPS) is 14.8. The summed E-state index contributed by atoms with van der Waals surface area (Å²) in [7, 11) is 0. The number of hydrogen-bond donors (Lipinski definition) is 0. The largest absolute Gasteiger partial charge is 0.366 e. The maximum Gasteiger partial charge on any atom is 0.264 e. The van der Waals surface area contributed by atoms with Gasteiger partial charge in [-0.15, -0.1) is 11.3 Å². The van der Waals surface area contributed by atoms with Gasteiger partial charge in [-0.1, -0.05) is 12.1 Å². The average Bonchev–Trinajstić information content (AvgIpc) is 2.98. The fourth-order valence-corrected chi connectivity index (χ4v) is 4.93. The number of thiophene rings is 1. The van der Waals surface area contributed by atoms with Gasteiger partial charge < -0.3 is 9.80 Å². The van der Waals surface area contributed by atoms with E-state index in [1.54, 1.807) is 12.1 Å². The fourth-order valence-electron chi connectivity index (χ4n) is 3.68. The molecule has 1 fully saturated rings. The van der Waals surface area contributed by atoms with E-state index in [4.69, 9.17) is 0 Å². The lowest BCUT2D eigenvalue weighted by molar-refractivity contribution is 0.0751. The number of fused-ring (bicyclic) bond motifs is 1. The molecule has 1 aromatic carbocycles. The van der Waals surface area contributed by atoms with Crippen LogP contribution in [0.4, 0.5) is 10.1 Å². The van der Waals surface area contributed by atoms with Crippen LogP contribution < -0.4 is 4.90 Å². The molecular formula is C20H21FN4OS. The van der Waals surface area contributed by atoms with E-state index in [0.29, 0.717) is 31.9 Å². The molecule has 3 heterocycles. The van der Waals surface area contributed by atoms with Crippen molar-refractivity contribution < 1.29 is 9.18 Å². The van der Waals surface area contributed by atoms with Gasteiger partial charge in [0.05, 0.1) is 10.6 Å². The molecule has 1 aliphatic heterocycles. The number of aromatic nitrogens is 2. The third-order valence-electron chi connectivity index (χ3n) is 5.04. The Kier molecular flexibility index (Phi) is 4.55. The highest BCUT2D eigenvalue weighted by Gasteiger charge is 2.27. The minimum atomic E-state index is -0.220. The van der Waals surface area contributed by atoms with Crippen LogP contribution in [0.2, 0.25) is 0 Å². The number of hydrogen-bond acceptors (Lipinski definition) is 5. The first-order valence-electron chi connectivity index (χ1n) is 8.99. The number of halogens is 1. The van der Waals surface area contributed by atoms with Crippen LogP contribution in [0.15, 0.2) is 24.3 Å². The molecule has 1 aliphatic rings. The van der Waals surface area contributed by atoms with Crippen molar-refractivity contribution in [2.45, 2.75) is 20.8 Å². The summed E-state index contributed by atoms with van der Waals surface area (Å²) in [5.74, 6) is 0.529. The average molecular weight is 384 g/mol. The Hall–Kier alpha value is -2.54. The lowest BCUT2D eigenvalue weighted by Gasteiger charge is -2.36. The lowest BCUT2D eigenvalue weighted by atomic mass is 10.1. The molecule has 140 valence electrons. The van der Waals surface area contributed by atoms with Crippen LogP contribution in [0.1, 0.15) is 26.8 Å². The smallest absolute Gasteiger partial charge is 0.264 e. The minimum absolute atomic E-state index is 0.0285. The Labute approximate surface area is 161 Å². The van der Waals surface area contributed by atoms with Crippen LogP contribution in [0.5, 0.6) is 0 Å². The SMILES string of the molecule is Cc1nc(C)c2c(C)c(C(=O)N3CCN(c4ccccc4F)CC3)sc2n1. The van der Waals surface area contributed by atoms with E-state index in [1.165, 1.54) is 17.4 Å². The highest BCUT2D eigenvalue weighted by Crippen LogP contribution is 2.32. The summed E-state index contributed by atoms with van der Waals surface area (Å²) in [5.41, 5.74) is 2.47. The Bertz CT molecular complexity index is 1020. The van der Waals surface area contributed by atoms with Crippen molar-refractivity contribution in [1.29, 1.82) is 0 Å². The van der Waals surface area contributed by atoms with Crippen LogP contribution >= 0.6 is 11.3 Å². The number of piperazine rings is 1. The summed E-state index contributed by atoms with van der Waals surface area (Å²) in [5, 5.41) is 0.985. The van der Waals surface area contributed by atoms with E-state index in [1.807, 2.05) is 36.6 Å². The van der Waals surface area contributed by atoms with Crippen molar-refractivity contribution in [2.24, 2.45) is 0 Å². The van der Waals surface area contributed by atoms with Gasteiger partial charge in [0.1, 0.15) is 16.5 Å². The van der Waals surface area contributed by atoms with E-state index in [-0.39, 0.29) is 11.7 Å². The van der Waals surface area contributed by atoms with Crippen molar-refractivity contribution in [3.8, 4) is 0 Å². The van der Waals surface area contributed by atoms with Crippen molar-refractivity contribution >= 4 is 33.1 Å². The van der Waals surface area contributed by atoms with Crippen molar-refractivity contribution in [1.82, 2.24) is 14.9 Å². The third kappa shape index (κ3) is 3.16. The molecule has 5 nitrogen and oxygen atoms in total. The molecule has 4 rings (SSSR count). The van der Waals surface area contributed by atoms with Crippen molar-refractivity contribution in [3.63, 3.8) is 0 Å². The molecule has 0 atom stereocenters. The molecule has 1 saturated heterocycles. The number of aryl methyl sites for hydroxylation is 3. The van der Waals surface area contributed by atoms with E-state index in [2.05, 4.69) is 9.97 Å². The maximum absolute atomic E-state index is 14.0. The minimum Gasteiger partial charge on any atom is -0.366 e.